The molecule has 3 N–H and O–H groups in total. The van der Waals surface area contributed by atoms with E-state index in [1.165, 1.54) is 7.11 Å². The Hall–Kier alpha value is -1.61. The molecule has 1 aromatic carbocycles. The average molecular weight is 511 g/mol. The number of amides is 1. The van der Waals surface area contributed by atoms with Crippen molar-refractivity contribution in [2.24, 2.45) is 11.3 Å². The lowest BCUT2D eigenvalue weighted by molar-refractivity contribution is -0.000341. The Labute approximate surface area is 214 Å². The van der Waals surface area contributed by atoms with Crippen LogP contribution in [0, 0.1) is 11.3 Å². The highest BCUT2D eigenvalue weighted by Gasteiger charge is 2.33. The van der Waals surface area contributed by atoms with Gasteiger partial charge in [-0.05, 0) is 31.2 Å². The van der Waals surface area contributed by atoms with E-state index in [0.717, 1.165) is 57.0 Å². The number of nitrogens with two attached hydrogens (primary N) is 1. The van der Waals surface area contributed by atoms with E-state index < -0.39 is 0 Å². The Balaban J connectivity index is 1.53. The lowest BCUT2D eigenvalue weighted by Crippen LogP contribution is -2.55. The quantitative estimate of drug-likeness (QED) is 0.444. The maximum Gasteiger partial charge on any atom is 0.255 e. The molecule has 2 atom stereocenters. The monoisotopic (exact) mass is 510 g/mol. The number of hydrogen-bond donors (Lipinski definition) is 2. The van der Waals surface area contributed by atoms with Gasteiger partial charge in [-0.1, -0.05) is 44.6 Å². The van der Waals surface area contributed by atoms with Crippen molar-refractivity contribution >= 4 is 40.4 Å². The molecule has 0 saturated carbocycles. The van der Waals surface area contributed by atoms with Gasteiger partial charge in [-0.15, -0.1) is 0 Å². The summed E-state index contributed by atoms with van der Waals surface area (Å²) < 4.78 is 11.1. The summed E-state index contributed by atoms with van der Waals surface area (Å²) in [7, 11) is 3.22. The number of methoxy groups -OCH3 is 2. The summed E-state index contributed by atoms with van der Waals surface area (Å²) >= 11 is 11.8. The number of rotatable bonds is 6. The first kappa shape index (κ1) is 27.0. The van der Waals surface area contributed by atoms with Crippen LogP contribution in [-0.2, 0) is 4.74 Å². The topological polar surface area (TPSA) is 80.1 Å². The van der Waals surface area contributed by atoms with Gasteiger partial charge in [0.2, 0.25) is 0 Å². The number of likely N-dealkylation sites (tertiary alicyclic amines) is 2. The highest BCUT2D eigenvalue weighted by Crippen LogP contribution is 2.30. The molecule has 190 valence electrons. The molecule has 2 aliphatic rings. The summed E-state index contributed by atoms with van der Waals surface area (Å²) in [6.45, 7) is 11.4. The number of benzene rings is 1. The molecule has 1 aromatic rings. The molecule has 0 aromatic heterocycles. The number of hydrogen-bond acceptors (Lipinski definition) is 6. The predicted molar refractivity (Wildman–Crippen MR) is 142 cm³/mol. The smallest absolute Gasteiger partial charge is 0.255 e. The number of nitrogen functional groups attached to an aromatic ring is 1. The SMILES string of the molecule is COc1cc(N)c(Cl)cc1C(=O)N[C@H]1CCN(CC2CCN(C(=S)C(C)(C)C)CC2)C[C@H]1OC. The summed E-state index contributed by atoms with van der Waals surface area (Å²) in [5.74, 6) is 0.827. The molecule has 2 aliphatic heterocycles. The first-order valence-electron chi connectivity index (χ1n) is 12.0. The van der Waals surface area contributed by atoms with E-state index in [9.17, 15) is 4.79 Å². The minimum absolute atomic E-state index is 0.0435. The molecule has 2 fully saturated rings. The largest absolute Gasteiger partial charge is 0.496 e. The Kier molecular flexibility index (Phi) is 9.06. The van der Waals surface area contributed by atoms with Crippen LogP contribution in [0.2, 0.25) is 5.02 Å². The molecular weight excluding hydrogens is 472 g/mol. The average Bonchev–Trinajstić information content (AvgIpc) is 2.80. The fourth-order valence-corrected chi connectivity index (χ4v) is 5.22. The van der Waals surface area contributed by atoms with Gasteiger partial charge in [-0.3, -0.25) is 4.79 Å². The van der Waals surface area contributed by atoms with Crippen molar-refractivity contribution in [2.45, 2.75) is 52.2 Å². The number of anilines is 1. The summed E-state index contributed by atoms with van der Waals surface area (Å²) in [5, 5.41) is 3.45. The first-order chi connectivity index (χ1) is 16.0. The second kappa shape index (κ2) is 11.4. The molecular formula is C25H39ClN4O3S. The Morgan fingerprint density at radius 3 is 2.47 bits per heavy atom. The number of ether oxygens (including phenoxy) is 2. The molecule has 2 heterocycles. The minimum atomic E-state index is -0.235. The molecule has 0 aliphatic carbocycles. The van der Waals surface area contributed by atoms with Crippen molar-refractivity contribution in [3.05, 3.63) is 22.7 Å². The summed E-state index contributed by atoms with van der Waals surface area (Å²) in [6, 6.07) is 3.05. The fourth-order valence-electron chi connectivity index (χ4n) is 4.87. The summed E-state index contributed by atoms with van der Waals surface area (Å²) in [6.07, 6.45) is 3.05. The predicted octanol–water partition coefficient (Wildman–Crippen LogP) is 3.84. The third-order valence-corrected chi connectivity index (χ3v) is 8.08. The van der Waals surface area contributed by atoms with Gasteiger partial charge in [0.15, 0.2) is 0 Å². The van der Waals surface area contributed by atoms with E-state index in [0.29, 0.717) is 27.9 Å². The summed E-state index contributed by atoms with van der Waals surface area (Å²) in [4.78, 5) is 18.9. The number of thiocarbonyl (C=S) groups is 1. The van der Waals surface area contributed by atoms with Gasteiger partial charge >= 0.3 is 0 Å². The van der Waals surface area contributed by atoms with E-state index >= 15 is 0 Å². The third-order valence-electron chi connectivity index (χ3n) is 6.89. The zero-order chi connectivity index (χ0) is 25.0. The zero-order valence-corrected chi connectivity index (χ0v) is 22.6. The van der Waals surface area contributed by atoms with E-state index in [1.54, 1.807) is 19.2 Å². The number of carbonyl (C=O) groups excluding carboxylic acids is 1. The fraction of sp³-hybridized carbons (Fsp3) is 0.680. The number of nitrogens with one attached hydrogen (secondary N) is 1. The van der Waals surface area contributed by atoms with Gasteiger partial charge in [0.1, 0.15) is 5.75 Å². The van der Waals surface area contributed by atoms with Crippen molar-refractivity contribution < 1.29 is 14.3 Å². The molecule has 0 bridgehead atoms. The number of piperidine rings is 2. The van der Waals surface area contributed by atoms with Gasteiger partial charge in [-0.2, -0.15) is 0 Å². The van der Waals surface area contributed by atoms with Crippen LogP contribution in [0.15, 0.2) is 12.1 Å². The van der Waals surface area contributed by atoms with Crippen LogP contribution in [0.4, 0.5) is 5.69 Å². The molecule has 34 heavy (non-hydrogen) atoms. The van der Waals surface area contributed by atoms with Crippen molar-refractivity contribution in [1.29, 1.82) is 0 Å². The van der Waals surface area contributed by atoms with Gasteiger partial charge in [0.05, 0.1) is 40.5 Å². The highest BCUT2D eigenvalue weighted by molar-refractivity contribution is 7.80. The van der Waals surface area contributed by atoms with Crippen molar-refractivity contribution in [2.75, 3.05) is 52.7 Å². The van der Waals surface area contributed by atoms with E-state index in [4.69, 9.17) is 39.0 Å². The van der Waals surface area contributed by atoms with E-state index in [-0.39, 0.29) is 23.5 Å². The normalized spacial score (nSPS) is 22.5. The van der Waals surface area contributed by atoms with Gasteiger partial charge in [-0.25, -0.2) is 0 Å². The van der Waals surface area contributed by atoms with Crippen LogP contribution < -0.4 is 15.8 Å². The van der Waals surface area contributed by atoms with Crippen LogP contribution >= 0.6 is 23.8 Å². The second-order valence-corrected chi connectivity index (χ2v) is 11.3. The molecule has 2 saturated heterocycles. The van der Waals surface area contributed by atoms with E-state index in [2.05, 4.69) is 35.9 Å². The number of halogens is 1. The first-order valence-corrected chi connectivity index (χ1v) is 12.8. The minimum Gasteiger partial charge on any atom is -0.496 e. The van der Waals surface area contributed by atoms with Crippen molar-refractivity contribution in [3.8, 4) is 5.75 Å². The van der Waals surface area contributed by atoms with Crippen LogP contribution in [-0.4, -0.2) is 79.8 Å². The molecule has 9 heteroatoms. The molecule has 1 amide bonds. The highest BCUT2D eigenvalue weighted by atomic mass is 35.5. The van der Waals surface area contributed by atoms with Gasteiger partial charge in [0, 0.05) is 51.3 Å². The molecule has 3 rings (SSSR count). The Morgan fingerprint density at radius 1 is 1.21 bits per heavy atom. The number of nitrogens with zero attached hydrogens (tertiary/aromatic N) is 2. The lowest BCUT2D eigenvalue weighted by Gasteiger charge is -2.42. The molecule has 0 unspecified atom stereocenters. The molecule has 7 nitrogen and oxygen atoms in total. The van der Waals surface area contributed by atoms with Crippen molar-refractivity contribution in [1.82, 2.24) is 15.1 Å². The Bertz CT molecular complexity index is 884. The Morgan fingerprint density at radius 2 is 1.88 bits per heavy atom. The van der Waals surface area contributed by atoms with Crippen molar-refractivity contribution in [3.63, 3.8) is 0 Å². The number of carbonyl (C=O) groups is 1. The van der Waals surface area contributed by atoms with E-state index in [1.807, 2.05) is 0 Å². The zero-order valence-electron chi connectivity index (χ0n) is 21.0. The van der Waals surface area contributed by atoms with Crippen LogP contribution in [0.1, 0.15) is 50.4 Å². The molecule has 0 spiro atoms. The second-order valence-electron chi connectivity index (χ2n) is 10.5. The van der Waals surface area contributed by atoms with Crippen LogP contribution in [0.3, 0.4) is 0 Å². The van der Waals surface area contributed by atoms with Crippen LogP contribution in [0.25, 0.3) is 0 Å². The molecule has 0 radical (unpaired) electrons. The standard InChI is InChI=1S/C25H39ClN4O3S/c1-25(2,3)24(34)30-10-6-16(7-11-30)14-29-9-8-20(22(15-29)33-5)28-23(31)17-12-18(26)19(27)13-21(17)32-4/h12-13,16,20,22H,6-11,14-15,27H2,1-5H3,(H,28,31)/t20-,22+/m0/s1. The lowest BCUT2D eigenvalue weighted by atomic mass is 9.91. The maximum atomic E-state index is 13.0. The maximum absolute atomic E-state index is 13.0. The summed E-state index contributed by atoms with van der Waals surface area (Å²) in [5.41, 5.74) is 6.64. The van der Waals surface area contributed by atoms with Crippen LogP contribution in [0.5, 0.6) is 5.75 Å². The van der Waals surface area contributed by atoms with Gasteiger partial charge < -0.3 is 30.3 Å². The van der Waals surface area contributed by atoms with Gasteiger partial charge in [0.25, 0.3) is 5.91 Å². The third kappa shape index (κ3) is 6.53.